The van der Waals surface area contributed by atoms with Gasteiger partial charge in [0.15, 0.2) is 0 Å². The van der Waals surface area contributed by atoms with Gasteiger partial charge in [0, 0.05) is 12.7 Å². The van der Waals surface area contributed by atoms with E-state index in [4.69, 9.17) is 0 Å². The molecule has 0 aliphatic heterocycles. The molecule has 1 aromatic heterocycles. The molecule has 1 N–H and O–H groups in total. The molecule has 1 unspecified atom stereocenters. The monoisotopic (exact) mass is 249 g/mol. The van der Waals surface area contributed by atoms with Gasteiger partial charge in [-0.05, 0) is 43.2 Å². The summed E-state index contributed by atoms with van der Waals surface area (Å²) in [5.41, 5.74) is 1.74. The minimum Gasteiger partial charge on any atom is -0.311 e. The van der Waals surface area contributed by atoms with E-state index in [1.54, 1.807) is 0 Å². The Bertz CT molecular complexity index is 377. The first-order valence-electron chi connectivity index (χ1n) is 7.31. The van der Waals surface area contributed by atoms with Crippen LogP contribution in [0.5, 0.6) is 0 Å². The van der Waals surface area contributed by atoms with Gasteiger partial charge in [0.2, 0.25) is 0 Å². The first kappa shape index (κ1) is 13.6. The van der Waals surface area contributed by atoms with Crippen molar-refractivity contribution < 1.29 is 0 Å². The molecule has 102 valence electrons. The van der Waals surface area contributed by atoms with Crippen molar-refractivity contribution in [3.8, 4) is 0 Å². The van der Waals surface area contributed by atoms with Crippen LogP contribution in [0.4, 0.5) is 0 Å². The van der Waals surface area contributed by atoms with Gasteiger partial charge in [0.1, 0.15) is 0 Å². The lowest BCUT2D eigenvalue weighted by Crippen LogP contribution is -2.18. The third-order valence-corrected chi connectivity index (χ3v) is 4.39. The van der Waals surface area contributed by atoms with Crippen LogP contribution in [0.1, 0.15) is 58.7 Å². The van der Waals surface area contributed by atoms with Gasteiger partial charge in [-0.1, -0.05) is 27.7 Å². The Morgan fingerprint density at radius 3 is 2.67 bits per heavy atom. The number of hydrogen-bond donors (Lipinski definition) is 1. The number of nitrogens with one attached hydrogen (secondary N) is 1. The summed E-state index contributed by atoms with van der Waals surface area (Å²) >= 11 is 0. The van der Waals surface area contributed by atoms with E-state index in [9.17, 15) is 0 Å². The molecule has 1 aliphatic rings. The standard InChI is InChI=1S/C15H27N3/c1-5-14(6-2)18-8-7-13(17-18)11-16-10-12-9-15(12,3)4/h7-8,12,14,16H,5-6,9-11H2,1-4H3. The quantitative estimate of drug-likeness (QED) is 0.803. The Hall–Kier alpha value is -0.830. The molecular weight excluding hydrogens is 222 g/mol. The van der Waals surface area contributed by atoms with E-state index in [2.05, 4.69) is 55.1 Å². The average molecular weight is 249 g/mol. The van der Waals surface area contributed by atoms with Crippen LogP contribution in [-0.4, -0.2) is 16.3 Å². The molecule has 2 rings (SSSR count). The second-order valence-corrected chi connectivity index (χ2v) is 6.28. The smallest absolute Gasteiger partial charge is 0.0762 e. The van der Waals surface area contributed by atoms with E-state index >= 15 is 0 Å². The molecule has 0 bridgehead atoms. The lowest BCUT2D eigenvalue weighted by atomic mass is 10.1. The molecule has 18 heavy (non-hydrogen) atoms. The highest BCUT2D eigenvalue weighted by Crippen LogP contribution is 2.50. The first-order valence-corrected chi connectivity index (χ1v) is 7.31. The second kappa shape index (κ2) is 5.43. The van der Waals surface area contributed by atoms with Gasteiger partial charge < -0.3 is 5.32 Å². The van der Waals surface area contributed by atoms with Gasteiger partial charge in [-0.2, -0.15) is 5.10 Å². The van der Waals surface area contributed by atoms with Crippen molar-refractivity contribution in [3.63, 3.8) is 0 Å². The van der Waals surface area contributed by atoms with Gasteiger partial charge in [0.05, 0.1) is 11.7 Å². The van der Waals surface area contributed by atoms with Crippen molar-refractivity contribution in [2.75, 3.05) is 6.54 Å². The molecular formula is C15H27N3. The van der Waals surface area contributed by atoms with Crippen LogP contribution in [0.25, 0.3) is 0 Å². The lowest BCUT2D eigenvalue weighted by Gasteiger charge is -2.12. The number of hydrogen-bond acceptors (Lipinski definition) is 2. The highest BCUT2D eigenvalue weighted by atomic mass is 15.3. The summed E-state index contributed by atoms with van der Waals surface area (Å²) in [7, 11) is 0. The predicted molar refractivity (Wildman–Crippen MR) is 75.4 cm³/mol. The summed E-state index contributed by atoms with van der Waals surface area (Å²) in [5.74, 6) is 0.860. The minimum atomic E-state index is 0.557. The Balaban J connectivity index is 1.76. The Kier molecular flexibility index (Phi) is 4.10. The largest absolute Gasteiger partial charge is 0.311 e. The molecule has 0 spiro atoms. The fourth-order valence-corrected chi connectivity index (χ4v) is 2.64. The highest BCUT2D eigenvalue weighted by molar-refractivity contribution is 5.01. The summed E-state index contributed by atoms with van der Waals surface area (Å²) in [6.45, 7) is 11.2. The van der Waals surface area contributed by atoms with Gasteiger partial charge in [-0.15, -0.1) is 0 Å². The van der Waals surface area contributed by atoms with Crippen LogP contribution in [0.2, 0.25) is 0 Å². The van der Waals surface area contributed by atoms with Gasteiger partial charge in [0.25, 0.3) is 0 Å². The third kappa shape index (κ3) is 3.14. The van der Waals surface area contributed by atoms with Gasteiger partial charge in [-0.25, -0.2) is 0 Å². The van der Waals surface area contributed by atoms with Crippen molar-refractivity contribution in [1.29, 1.82) is 0 Å². The molecule has 0 amide bonds. The Morgan fingerprint density at radius 1 is 1.44 bits per heavy atom. The van der Waals surface area contributed by atoms with Crippen LogP contribution in [0.15, 0.2) is 12.3 Å². The van der Waals surface area contributed by atoms with Crippen molar-refractivity contribution in [2.45, 2.75) is 59.5 Å². The van der Waals surface area contributed by atoms with Crippen LogP contribution < -0.4 is 5.32 Å². The molecule has 1 aliphatic carbocycles. The van der Waals surface area contributed by atoms with E-state index in [0.717, 1.165) is 31.8 Å². The summed E-state index contributed by atoms with van der Waals surface area (Å²) in [6, 6.07) is 2.70. The van der Waals surface area contributed by atoms with Crippen LogP contribution >= 0.6 is 0 Å². The van der Waals surface area contributed by atoms with Crippen molar-refractivity contribution in [2.24, 2.45) is 11.3 Å². The van der Waals surface area contributed by atoms with E-state index in [1.165, 1.54) is 12.1 Å². The van der Waals surface area contributed by atoms with Gasteiger partial charge >= 0.3 is 0 Å². The number of nitrogens with zero attached hydrogens (tertiary/aromatic N) is 2. The van der Waals surface area contributed by atoms with E-state index in [-0.39, 0.29) is 0 Å². The Labute approximate surface area is 111 Å². The van der Waals surface area contributed by atoms with Crippen molar-refractivity contribution in [1.82, 2.24) is 15.1 Å². The van der Waals surface area contributed by atoms with Crippen molar-refractivity contribution >= 4 is 0 Å². The summed E-state index contributed by atoms with van der Waals surface area (Å²) in [4.78, 5) is 0. The minimum absolute atomic E-state index is 0.557. The fraction of sp³-hybridized carbons (Fsp3) is 0.800. The molecule has 1 atom stereocenters. The zero-order chi connectivity index (χ0) is 13.2. The Morgan fingerprint density at radius 2 is 2.11 bits per heavy atom. The molecule has 1 heterocycles. The maximum absolute atomic E-state index is 4.66. The lowest BCUT2D eigenvalue weighted by molar-refractivity contribution is 0.423. The molecule has 0 aromatic carbocycles. The molecule has 3 heteroatoms. The van der Waals surface area contributed by atoms with E-state index in [1.807, 2.05) is 0 Å². The van der Waals surface area contributed by atoms with Gasteiger partial charge in [-0.3, -0.25) is 4.68 Å². The topological polar surface area (TPSA) is 29.9 Å². The molecule has 1 fully saturated rings. The third-order valence-electron chi connectivity index (χ3n) is 4.39. The van der Waals surface area contributed by atoms with Crippen LogP contribution in [-0.2, 0) is 6.54 Å². The summed E-state index contributed by atoms with van der Waals surface area (Å²) in [5, 5.41) is 8.19. The second-order valence-electron chi connectivity index (χ2n) is 6.28. The van der Waals surface area contributed by atoms with Crippen molar-refractivity contribution in [3.05, 3.63) is 18.0 Å². The number of rotatable bonds is 7. The predicted octanol–water partition coefficient (Wildman–Crippen LogP) is 3.38. The normalized spacial score (nSPS) is 21.5. The zero-order valence-electron chi connectivity index (χ0n) is 12.2. The molecule has 0 radical (unpaired) electrons. The zero-order valence-corrected chi connectivity index (χ0v) is 12.2. The number of aromatic nitrogens is 2. The SMILES string of the molecule is CCC(CC)n1ccc(CNCC2CC2(C)C)n1. The maximum atomic E-state index is 4.66. The first-order chi connectivity index (χ1) is 8.56. The molecule has 1 saturated carbocycles. The summed E-state index contributed by atoms with van der Waals surface area (Å²) in [6.07, 6.45) is 5.79. The molecule has 3 nitrogen and oxygen atoms in total. The fourth-order valence-electron chi connectivity index (χ4n) is 2.64. The highest BCUT2D eigenvalue weighted by Gasteiger charge is 2.44. The molecule has 1 aromatic rings. The van der Waals surface area contributed by atoms with Crippen LogP contribution in [0, 0.1) is 11.3 Å². The maximum Gasteiger partial charge on any atom is 0.0762 e. The van der Waals surface area contributed by atoms with E-state index in [0.29, 0.717) is 11.5 Å². The van der Waals surface area contributed by atoms with E-state index < -0.39 is 0 Å². The summed E-state index contributed by atoms with van der Waals surface area (Å²) < 4.78 is 2.12. The average Bonchev–Trinajstić information content (AvgIpc) is 2.76. The van der Waals surface area contributed by atoms with Crippen LogP contribution in [0.3, 0.4) is 0 Å². The molecule has 0 saturated heterocycles.